The Morgan fingerprint density at radius 2 is 2.11 bits per heavy atom. The Morgan fingerprint density at radius 1 is 1.47 bits per heavy atom. The van der Waals surface area contributed by atoms with Crippen LogP contribution >= 0.6 is 11.6 Å². The Bertz CT molecular complexity index is 443. The molecule has 0 unspecified atom stereocenters. The minimum atomic E-state index is -0.194. The van der Waals surface area contributed by atoms with Crippen LogP contribution in [-0.2, 0) is 9.53 Å². The molecule has 1 aromatic rings. The van der Waals surface area contributed by atoms with Gasteiger partial charge in [-0.3, -0.25) is 4.79 Å². The van der Waals surface area contributed by atoms with Gasteiger partial charge in [0.2, 0.25) is 5.91 Å². The van der Waals surface area contributed by atoms with Crippen molar-refractivity contribution in [1.29, 1.82) is 0 Å². The summed E-state index contributed by atoms with van der Waals surface area (Å²) in [6, 6.07) is 7.39. The van der Waals surface area contributed by atoms with Crippen molar-refractivity contribution < 1.29 is 9.53 Å². The smallest absolute Gasteiger partial charge is 0.246 e. The van der Waals surface area contributed by atoms with E-state index in [1.807, 2.05) is 38.1 Å². The summed E-state index contributed by atoms with van der Waals surface area (Å²) >= 11 is 5.83. The maximum atomic E-state index is 11.8. The van der Waals surface area contributed by atoms with Gasteiger partial charge in [-0.2, -0.15) is 0 Å². The quantitative estimate of drug-likeness (QED) is 0.867. The second-order valence-corrected chi connectivity index (χ2v) is 5.62. The first kappa shape index (κ1) is 14.3. The van der Waals surface area contributed by atoms with Gasteiger partial charge in [-0.1, -0.05) is 23.7 Å². The topological polar surface area (TPSA) is 50.4 Å². The monoisotopic (exact) mass is 282 g/mol. The number of rotatable bonds is 5. The summed E-state index contributed by atoms with van der Waals surface area (Å²) in [6.45, 7) is 5.63. The molecule has 5 heteroatoms. The van der Waals surface area contributed by atoms with Gasteiger partial charge in [0, 0.05) is 18.1 Å². The number of hydrogen-bond acceptors (Lipinski definition) is 3. The van der Waals surface area contributed by atoms with E-state index in [1.165, 1.54) is 0 Å². The van der Waals surface area contributed by atoms with Crippen molar-refractivity contribution in [3.63, 3.8) is 0 Å². The molecule has 1 atom stereocenters. The highest BCUT2D eigenvalue weighted by Gasteiger charge is 2.33. The molecule has 0 aliphatic carbocycles. The van der Waals surface area contributed by atoms with Crippen LogP contribution in [-0.4, -0.2) is 31.2 Å². The number of benzene rings is 1. The van der Waals surface area contributed by atoms with Gasteiger partial charge in [-0.05, 0) is 31.5 Å². The number of hydrogen-bond donors (Lipinski definition) is 2. The summed E-state index contributed by atoms with van der Waals surface area (Å²) < 4.78 is 5.59. The van der Waals surface area contributed by atoms with Crippen molar-refractivity contribution in [2.45, 2.75) is 25.5 Å². The molecule has 1 amide bonds. The molecule has 0 saturated carbocycles. The van der Waals surface area contributed by atoms with Crippen LogP contribution in [0.2, 0.25) is 5.02 Å². The van der Waals surface area contributed by atoms with E-state index in [-0.39, 0.29) is 24.2 Å². The first-order chi connectivity index (χ1) is 8.98. The van der Waals surface area contributed by atoms with E-state index in [4.69, 9.17) is 16.3 Å². The zero-order chi connectivity index (χ0) is 13.9. The molecular formula is C14H19ClN2O2. The number of halogens is 1. The van der Waals surface area contributed by atoms with Crippen LogP contribution < -0.4 is 10.6 Å². The average molecular weight is 283 g/mol. The Hall–Kier alpha value is -1.10. The fourth-order valence-electron chi connectivity index (χ4n) is 1.94. The number of carbonyl (C=O) groups is 1. The predicted octanol–water partition coefficient (Wildman–Crippen LogP) is 1.90. The third-order valence-corrected chi connectivity index (χ3v) is 3.55. The lowest BCUT2D eigenvalue weighted by Crippen LogP contribution is -2.59. The molecule has 1 fully saturated rings. The second kappa shape index (κ2) is 5.90. The Balaban J connectivity index is 1.79. The first-order valence-electron chi connectivity index (χ1n) is 6.38. The molecule has 4 nitrogen and oxygen atoms in total. The van der Waals surface area contributed by atoms with E-state index in [0.717, 1.165) is 18.7 Å². The number of nitrogens with one attached hydrogen (secondary N) is 2. The zero-order valence-electron chi connectivity index (χ0n) is 11.2. The Morgan fingerprint density at radius 3 is 2.63 bits per heavy atom. The van der Waals surface area contributed by atoms with Crippen molar-refractivity contribution in [2.24, 2.45) is 0 Å². The van der Waals surface area contributed by atoms with E-state index < -0.39 is 0 Å². The van der Waals surface area contributed by atoms with Crippen molar-refractivity contribution in [3.05, 3.63) is 34.9 Å². The highest BCUT2D eigenvalue weighted by molar-refractivity contribution is 6.30. The average Bonchev–Trinajstić information content (AvgIpc) is 2.35. The minimum absolute atomic E-state index is 0.0549. The molecule has 2 N–H and O–H groups in total. The molecular weight excluding hydrogens is 264 g/mol. The molecule has 0 spiro atoms. The SMILES string of the molecule is C[C@@H](NC(=O)COC1(C)CNC1)c1ccc(Cl)cc1. The molecule has 0 aromatic heterocycles. The molecule has 1 aromatic carbocycles. The summed E-state index contributed by atoms with van der Waals surface area (Å²) in [5.41, 5.74) is 0.829. The lowest BCUT2D eigenvalue weighted by molar-refractivity contribution is -0.136. The van der Waals surface area contributed by atoms with Crippen LogP contribution in [0.25, 0.3) is 0 Å². The highest BCUT2D eigenvalue weighted by atomic mass is 35.5. The first-order valence-corrected chi connectivity index (χ1v) is 6.76. The fourth-order valence-corrected chi connectivity index (χ4v) is 2.06. The lowest BCUT2D eigenvalue weighted by Gasteiger charge is -2.38. The van der Waals surface area contributed by atoms with Gasteiger partial charge in [-0.15, -0.1) is 0 Å². The Labute approximate surface area is 118 Å². The molecule has 1 heterocycles. The van der Waals surface area contributed by atoms with Crippen LogP contribution in [0.4, 0.5) is 0 Å². The van der Waals surface area contributed by atoms with Crippen molar-refractivity contribution in [3.8, 4) is 0 Å². The van der Waals surface area contributed by atoms with Gasteiger partial charge in [0.1, 0.15) is 6.61 Å². The van der Waals surface area contributed by atoms with Crippen LogP contribution in [0.3, 0.4) is 0 Å². The van der Waals surface area contributed by atoms with E-state index in [9.17, 15) is 4.79 Å². The van der Waals surface area contributed by atoms with Gasteiger partial charge >= 0.3 is 0 Å². The van der Waals surface area contributed by atoms with Crippen LogP contribution in [0.15, 0.2) is 24.3 Å². The van der Waals surface area contributed by atoms with Gasteiger partial charge in [-0.25, -0.2) is 0 Å². The van der Waals surface area contributed by atoms with Crippen LogP contribution in [0.5, 0.6) is 0 Å². The molecule has 1 saturated heterocycles. The summed E-state index contributed by atoms with van der Waals surface area (Å²) in [5.74, 6) is -0.101. The second-order valence-electron chi connectivity index (χ2n) is 5.18. The summed E-state index contributed by atoms with van der Waals surface area (Å²) in [7, 11) is 0. The van der Waals surface area contributed by atoms with Crippen molar-refractivity contribution in [1.82, 2.24) is 10.6 Å². The van der Waals surface area contributed by atoms with Crippen molar-refractivity contribution >= 4 is 17.5 Å². The summed E-state index contributed by atoms with van der Waals surface area (Å²) in [5, 5.41) is 6.73. The summed E-state index contributed by atoms with van der Waals surface area (Å²) in [4.78, 5) is 11.8. The maximum absolute atomic E-state index is 11.8. The molecule has 104 valence electrons. The molecule has 0 bridgehead atoms. The standard InChI is InChI=1S/C14H19ClN2O2/c1-10(11-3-5-12(15)6-4-11)17-13(18)7-19-14(2)8-16-9-14/h3-6,10,16H,7-9H2,1-2H3,(H,17,18)/t10-/m1/s1. The van der Waals surface area contributed by atoms with Crippen LogP contribution in [0, 0.1) is 0 Å². The lowest BCUT2D eigenvalue weighted by atomic mass is 10.0. The number of amides is 1. The van der Waals surface area contributed by atoms with Crippen molar-refractivity contribution in [2.75, 3.05) is 19.7 Å². The zero-order valence-corrected chi connectivity index (χ0v) is 12.0. The van der Waals surface area contributed by atoms with E-state index in [1.54, 1.807) is 0 Å². The van der Waals surface area contributed by atoms with E-state index in [2.05, 4.69) is 10.6 Å². The van der Waals surface area contributed by atoms with Gasteiger partial charge < -0.3 is 15.4 Å². The molecule has 19 heavy (non-hydrogen) atoms. The number of carbonyl (C=O) groups excluding carboxylic acids is 1. The molecule has 1 aliphatic heterocycles. The molecule has 0 radical (unpaired) electrons. The van der Waals surface area contributed by atoms with Gasteiger partial charge in [0.25, 0.3) is 0 Å². The van der Waals surface area contributed by atoms with E-state index >= 15 is 0 Å². The predicted molar refractivity (Wildman–Crippen MR) is 75.2 cm³/mol. The number of ether oxygens (including phenoxy) is 1. The highest BCUT2D eigenvalue weighted by Crippen LogP contribution is 2.17. The largest absolute Gasteiger partial charge is 0.363 e. The van der Waals surface area contributed by atoms with E-state index in [0.29, 0.717) is 5.02 Å². The Kier molecular flexibility index (Phi) is 4.45. The third-order valence-electron chi connectivity index (χ3n) is 3.30. The van der Waals surface area contributed by atoms with Gasteiger partial charge in [0.15, 0.2) is 0 Å². The third kappa shape index (κ3) is 3.93. The molecule has 1 aliphatic rings. The maximum Gasteiger partial charge on any atom is 0.246 e. The van der Waals surface area contributed by atoms with Gasteiger partial charge in [0.05, 0.1) is 11.6 Å². The normalized spacial score (nSPS) is 18.5. The summed E-state index contributed by atoms with van der Waals surface area (Å²) in [6.07, 6.45) is 0. The minimum Gasteiger partial charge on any atom is -0.363 e. The molecule has 2 rings (SSSR count). The van der Waals surface area contributed by atoms with Crippen LogP contribution in [0.1, 0.15) is 25.5 Å². The fraction of sp³-hybridized carbons (Fsp3) is 0.500.